The number of carbonyl (C=O) groups excluding carboxylic acids is 3. The zero-order valence-electron chi connectivity index (χ0n) is 37.7. The quantitative estimate of drug-likeness (QED) is 0.0200. The smallest absolute Gasteiger partial charge is 0.306 e. The van der Waals surface area contributed by atoms with Crippen molar-refractivity contribution >= 4 is 25.5 Å². The molecule has 1 aliphatic carbocycles. The van der Waals surface area contributed by atoms with E-state index in [4.69, 9.17) is 18.5 Å². The van der Waals surface area contributed by atoms with Crippen molar-refractivity contribution in [2.24, 2.45) is 11.8 Å². The zero-order chi connectivity index (χ0) is 43.8. The number of hydrogen-bond acceptors (Lipinski definition) is 11. The van der Waals surface area contributed by atoms with Gasteiger partial charge in [0.05, 0.1) is 40.0 Å². The molecule has 1 aliphatic rings. The second-order valence-corrected chi connectivity index (χ2v) is 19.0. The highest BCUT2D eigenvalue weighted by molar-refractivity contribution is 7.45. The molecule has 13 heteroatoms. The minimum atomic E-state index is -4.68. The molecular weight excluding hydrogens is 773 g/mol. The van der Waals surface area contributed by atoms with Crippen LogP contribution < -0.4 is 4.89 Å². The number of unbranched alkanes of at least 4 members (excludes halogenated alkanes) is 16. The minimum Gasteiger partial charge on any atom is -0.756 e. The maximum Gasteiger partial charge on any atom is 0.306 e. The van der Waals surface area contributed by atoms with Gasteiger partial charge in [0.15, 0.2) is 6.10 Å². The fraction of sp³-hybridized carbons (Fsp3) is 0.848. The average Bonchev–Trinajstić information content (AvgIpc) is 3.44. The van der Waals surface area contributed by atoms with Crippen LogP contribution in [0.3, 0.4) is 0 Å². The van der Waals surface area contributed by atoms with Gasteiger partial charge in [-0.25, -0.2) is 0 Å². The normalized spacial score (nSPS) is 19.4. The summed E-state index contributed by atoms with van der Waals surface area (Å²) in [6, 6.07) is 0. The van der Waals surface area contributed by atoms with Gasteiger partial charge in [-0.15, -0.1) is 0 Å². The van der Waals surface area contributed by atoms with E-state index in [0.29, 0.717) is 36.7 Å². The lowest BCUT2D eigenvalue weighted by Crippen LogP contribution is -2.37. The Morgan fingerprint density at radius 1 is 0.797 bits per heavy atom. The van der Waals surface area contributed by atoms with E-state index >= 15 is 0 Å². The first kappa shape index (κ1) is 55.1. The van der Waals surface area contributed by atoms with Crippen LogP contribution in [-0.4, -0.2) is 98.2 Å². The molecule has 0 aromatic carbocycles. The van der Waals surface area contributed by atoms with Gasteiger partial charge in [-0.1, -0.05) is 128 Å². The predicted molar refractivity (Wildman–Crippen MR) is 232 cm³/mol. The van der Waals surface area contributed by atoms with Crippen molar-refractivity contribution in [2.45, 2.75) is 193 Å². The molecule has 344 valence electrons. The zero-order valence-corrected chi connectivity index (χ0v) is 38.6. The molecular formula is C46H84NO11P. The summed E-state index contributed by atoms with van der Waals surface area (Å²) in [6.07, 6.45) is 28.2. The number of phosphoric acid groups is 1. The number of hydrogen-bond donors (Lipinski definition) is 2. The van der Waals surface area contributed by atoms with E-state index in [2.05, 4.69) is 26.0 Å². The summed E-state index contributed by atoms with van der Waals surface area (Å²) >= 11 is 0. The number of allylic oxidation sites excluding steroid dienone is 3. The molecule has 0 aromatic rings. The Morgan fingerprint density at radius 2 is 1.36 bits per heavy atom. The minimum absolute atomic E-state index is 0.00505. The van der Waals surface area contributed by atoms with Crippen molar-refractivity contribution in [3.05, 3.63) is 24.3 Å². The molecule has 59 heavy (non-hydrogen) atoms. The second-order valence-electron chi connectivity index (χ2n) is 17.5. The standard InChI is InChI=1S/C46H84NO11P/c1-6-8-10-11-12-13-14-15-16-17-18-19-20-21-27-31-46(52)58-40(38-57-59(53,54)56-35-34-47(3,4)5)37-55-45(51)30-26-23-22-25-29-41-42(44(50)36-43(41)49)33-32-39(48)28-24-9-7-2/h13-14,32-33,39-43,48-49H,6-12,15-31,34-38H2,1-5H3/b14-13-,33-32+/t39-,40+,41+,42+,43-/m0/s1. The van der Waals surface area contributed by atoms with Gasteiger partial charge >= 0.3 is 11.9 Å². The molecule has 0 aromatic heterocycles. The first-order valence-electron chi connectivity index (χ1n) is 23.1. The van der Waals surface area contributed by atoms with Crippen LogP contribution >= 0.6 is 7.82 Å². The monoisotopic (exact) mass is 858 g/mol. The van der Waals surface area contributed by atoms with Crippen molar-refractivity contribution in [3.63, 3.8) is 0 Å². The van der Waals surface area contributed by atoms with E-state index in [1.165, 1.54) is 51.4 Å². The Bertz CT molecular complexity index is 1220. The summed E-state index contributed by atoms with van der Waals surface area (Å²) < 4.78 is 33.9. The topological polar surface area (TPSA) is 169 Å². The number of carbonyl (C=O) groups is 3. The Kier molecular flexibility index (Phi) is 31.4. The number of rotatable bonds is 38. The molecule has 2 N–H and O–H groups in total. The Morgan fingerprint density at radius 3 is 1.98 bits per heavy atom. The lowest BCUT2D eigenvalue weighted by Gasteiger charge is -2.28. The predicted octanol–water partition coefficient (Wildman–Crippen LogP) is 9.09. The number of aliphatic hydroxyl groups is 2. The van der Waals surface area contributed by atoms with Crippen LogP contribution in [0.4, 0.5) is 0 Å². The number of Topliss-reactive ketones (excluding diaryl/α,β-unsaturated/α-hetero) is 1. The van der Waals surface area contributed by atoms with Crippen LogP contribution in [-0.2, 0) is 37.5 Å². The van der Waals surface area contributed by atoms with Crippen LogP contribution in [0.5, 0.6) is 0 Å². The van der Waals surface area contributed by atoms with Gasteiger partial charge < -0.3 is 38.1 Å². The molecule has 1 unspecified atom stereocenters. The van der Waals surface area contributed by atoms with Crippen LogP contribution in [0.2, 0.25) is 0 Å². The molecule has 12 nitrogen and oxygen atoms in total. The van der Waals surface area contributed by atoms with E-state index in [0.717, 1.165) is 64.2 Å². The van der Waals surface area contributed by atoms with Gasteiger partial charge in [0.2, 0.25) is 0 Å². The lowest BCUT2D eigenvalue weighted by atomic mass is 9.88. The van der Waals surface area contributed by atoms with Gasteiger partial charge in [0.25, 0.3) is 7.82 Å². The van der Waals surface area contributed by atoms with E-state index in [1.807, 2.05) is 21.1 Å². The van der Waals surface area contributed by atoms with E-state index in [9.17, 15) is 34.1 Å². The molecule has 0 bridgehead atoms. The van der Waals surface area contributed by atoms with E-state index < -0.39 is 44.7 Å². The molecule has 1 fully saturated rings. The lowest BCUT2D eigenvalue weighted by molar-refractivity contribution is -0.870. The van der Waals surface area contributed by atoms with Crippen molar-refractivity contribution < 1.29 is 57.1 Å². The summed E-state index contributed by atoms with van der Waals surface area (Å²) in [6.45, 7) is 3.84. The van der Waals surface area contributed by atoms with Gasteiger partial charge in [0, 0.05) is 25.2 Å². The maximum absolute atomic E-state index is 12.7. The first-order valence-corrected chi connectivity index (χ1v) is 24.6. The number of phosphoric ester groups is 1. The highest BCUT2D eigenvalue weighted by Gasteiger charge is 2.39. The number of ketones is 1. The van der Waals surface area contributed by atoms with Gasteiger partial charge in [-0.2, -0.15) is 0 Å². The summed E-state index contributed by atoms with van der Waals surface area (Å²) in [5, 5.41) is 20.8. The van der Waals surface area contributed by atoms with Crippen LogP contribution in [0.1, 0.15) is 174 Å². The Balaban J connectivity index is 2.45. The van der Waals surface area contributed by atoms with Crippen LogP contribution in [0.15, 0.2) is 24.3 Å². The SMILES string of the molecule is CCCCCC/C=C\CCCCCCCCCC(=O)O[C@H](COC(=O)CCCCCC[C@H]1[C@@H](O)CC(=O)[C@@H]1/C=C/[C@@H](O)CCCCC)COP(=O)([O-])OCC[N+](C)(C)C. The van der Waals surface area contributed by atoms with Gasteiger partial charge in [0.1, 0.15) is 25.5 Å². The molecule has 6 atom stereocenters. The fourth-order valence-electron chi connectivity index (χ4n) is 7.14. The van der Waals surface area contributed by atoms with Crippen molar-refractivity contribution in [1.29, 1.82) is 0 Å². The molecule has 0 radical (unpaired) electrons. The van der Waals surface area contributed by atoms with Crippen molar-refractivity contribution in [1.82, 2.24) is 0 Å². The highest BCUT2D eigenvalue weighted by Crippen LogP contribution is 2.38. The number of ether oxygens (including phenoxy) is 2. The van der Waals surface area contributed by atoms with E-state index in [-0.39, 0.29) is 50.1 Å². The third kappa shape index (κ3) is 30.7. The third-order valence-electron chi connectivity index (χ3n) is 10.9. The van der Waals surface area contributed by atoms with Gasteiger partial charge in [-0.05, 0) is 57.3 Å². The summed E-state index contributed by atoms with van der Waals surface area (Å²) in [7, 11) is 1.03. The number of quaternary nitrogens is 1. The number of esters is 2. The average molecular weight is 858 g/mol. The summed E-state index contributed by atoms with van der Waals surface area (Å²) in [5.74, 6) is -1.56. The Hall–Kier alpha value is -1.92. The molecule has 1 saturated carbocycles. The molecule has 0 amide bonds. The van der Waals surface area contributed by atoms with Crippen LogP contribution in [0, 0.1) is 11.8 Å². The summed E-state index contributed by atoms with van der Waals surface area (Å²) in [5.41, 5.74) is 0. The van der Waals surface area contributed by atoms with Crippen molar-refractivity contribution in [3.8, 4) is 0 Å². The molecule has 1 rings (SSSR count). The summed E-state index contributed by atoms with van der Waals surface area (Å²) in [4.78, 5) is 50.3. The number of aliphatic hydroxyl groups excluding tert-OH is 2. The van der Waals surface area contributed by atoms with E-state index in [1.54, 1.807) is 12.2 Å². The van der Waals surface area contributed by atoms with Crippen molar-refractivity contribution in [2.75, 3.05) is 47.5 Å². The second kappa shape index (κ2) is 33.7. The van der Waals surface area contributed by atoms with Gasteiger partial charge in [-0.3, -0.25) is 18.9 Å². The largest absolute Gasteiger partial charge is 0.756 e. The molecule has 0 saturated heterocycles. The molecule has 0 heterocycles. The number of likely N-dealkylation sites (N-methyl/N-ethyl adjacent to an activating group) is 1. The molecule has 0 aliphatic heterocycles. The fourth-order valence-corrected chi connectivity index (χ4v) is 7.87. The third-order valence-corrected chi connectivity index (χ3v) is 11.8. The Labute approximate surface area is 358 Å². The molecule has 0 spiro atoms. The first-order chi connectivity index (χ1) is 28.2. The number of nitrogens with zero attached hydrogens (tertiary/aromatic N) is 1. The maximum atomic E-state index is 12.7. The van der Waals surface area contributed by atoms with Crippen LogP contribution in [0.25, 0.3) is 0 Å². The highest BCUT2D eigenvalue weighted by atomic mass is 31.2.